The predicted octanol–water partition coefficient (Wildman–Crippen LogP) is 2.24. The van der Waals surface area contributed by atoms with Crippen LogP contribution in [0.15, 0.2) is 18.2 Å². The van der Waals surface area contributed by atoms with Crippen molar-refractivity contribution in [2.24, 2.45) is 5.92 Å². The molecule has 6 nitrogen and oxygen atoms in total. The molecule has 1 aromatic carbocycles. The highest BCUT2D eigenvalue weighted by Crippen LogP contribution is 2.27. The molecule has 0 spiro atoms. The Morgan fingerprint density at radius 1 is 1.30 bits per heavy atom. The molecular weight excluding hydrogens is 256 g/mol. The van der Waals surface area contributed by atoms with Crippen molar-refractivity contribution >= 4 is 5.97 Å². The lowest BCUT2D eigenvalue weighted by atomic mass is 10.0. The lowest BCUT2D eigenvalue weighted by Crippen LogP contribution is -2.23. The van der Waals surface area contributed by atoms with Gasteiger partial charge in [0.05, 0.1) is 12.0 Å². The number of hydrogen-bond donors (Lipinski definition) is 1. The van der Waals surface area contributed by atoms with Crippen LogP contribution in [0.25, 0.3) is 11.4 Å². The van der Waals surface area contributed by atoms with E-state index in [2.05, 4.69) is 15.5 Å². The number of rotatable bonds is 4. The Kier molecular flexibility index (Phi) is 3.83. The molecule has 0 aliphatic rings. The summed E-state index contributed by atoms with van der Waals surface area (Å²) < 4.78 is 1.58. The van der Waals surface area contributed by atoms with Crippen molar-refractivity contribution in [3.63, 3.8) is 0 Å². The van der Waals surface area contributed by atoms with Gasteiger partial charge in [-0.25, -0.2) is 4.68 Å². The summed E-state index contributed by atoms with van der Waals surface area (Å²) in [6, 6.07) is 5.60. The maximum absolute atomic E-state index is 11.1. The molecule has 0 amide bonds. The first-order valence-corrected chi connectivity index (χ1v) is 6.50. The van der Waals surface area contributed by atoms with E-state index in [1.165, 1.54) is 0 Å². The summed E-state index contributed by atoms with van der Waals surface area (Å²) in [6.07, 6.45) is 0. The summed E-state index contributed by atoms with van der Waals surface area (Å²) >= 11 is 0. The zero-order valence-electron chi connectivity index (χ0n) is 12.0. The third-order valence-electron chi connectivity index (χ3n) is 3.84. The standard InChI is InChI=1S/C14H18N4O2/c1-8-6-5-7-12(9(8)2)13-15-16-17-18(13)11(4)10(3)14(19)20/h5-7,10-11H,1-4H3,(H,19,20). The number of tetrazole rings is 1. The maximum Gasteiger partial charge on any atom is 0.308 e. The molecule has 0 bridgehead atoms. The van der Waals surface area contributed by atoms with E-state index in [1.54, 1.807) is 11.6 Å². The number of carboxylic acids is 1. The van der Waals surface area contributed by atoms with E-state index in [4.69, 9.17) is 5.11 Å². The van der Waals surface area contributed by atoms with E-state index in [9.17, 15) is 4.79 Å². The normalized spacial score (nSPS) is 14.0. The molecule has 0 saturated carbocycles. The summed E-state index contributed by atoms with van der Waals surface area (Å²) in [4.78, 5) is 11.1. The van der Waals surface area contributed by atoms with E-state index in [1.807, 2.05) is 39.0 Å². The summed E-state index contributed by atoms with van der Waals surface area (Å²) in [6.45, 7) is 7.50. The number of nitrogens with zero attached hydrogens (tertiary/aromatic N) is 4. The van der Waals surface area contributed by atoms with Gasteiger partial charge >= 0.3 is 5.97 Å². The molecule has 0 aliphatic carbocycles. The fraction of sp³-hybridized carbons (Fsp3) is 0.429. The molecule has 2 unspecified atom stereocenters. The summed E-state index contributed by atoms with van der Waals surface area (Å²) in [5, 5.41) is 20.9. The van der Waals surface area contributed by atoms with Gasteiger partial charge in [-0.15, -0.1) is 5.10 Å². The molecule has 1 aromatic heterocycles. The average molecular weight is 274 g/mol. The number of aliphatic carboxylic acids is 1. The minimum absolute atomic E-state index is 0.322. The second kappa shape index (κ2) is 5.40. The van der Waals surface area contributed by atoms with E-state index >= 15 is 0 Å². The lowest BCUT2D eigenvalue weighted by molar-refractivity contribution is -0.142. The second-order valence-electron chi connectivity index (χ2n) is 5.06. The highest BCUT2D eigenvalue weighted by molar-refractivity contribution is 5.70. The number of hydrogen-bond acceptors (Lipinski definition) is 4. The molecule has 0 aliphatic heterocycles. The van der Waals surface area contributed by atoms with Gasteiger partial charge in [-0.05, 0) is 49.2 Å². The zero-order chi connectivity index (χ0) is 14.9. The van der Waals surface area contributed by atoms with Crippen LogP contribution >= 0.6 is 0 Å². The second-order valence-corrected chi connectivity index (χ2v) is 5.06. The molecule has 2 atom stereocenters. The molecule has 106 valence electrons. The third kappa shape index (κ3) is 2.41. The van der Waals surface area contributed by atoms with Crippen LogP contribution in [0, 0.1) is 19.8 Å². The number of aryl methyl sites for hydroxylation is 1. The quantitative estimate of drug-likeness (QED) is 0.924. The molecule has 0 fully saturated rings. The van der Waals surface area contributed by atoms with Crippen molar-refractivity contribution in [3.8, 4) is 11.4 Å². The van der Waals surface area contributed by atoms with Gasteiger partial charge in [0, 0.05) is 5.56 Å². The first kappa shape index (κ1) is 14.2. The fourth-order valence-corrected chi connectivity index (χ4v) is 2.06. The Balaban J connectivity index is 2.48. The van der Waals surface area contributed by atoms with Crippen LogP contribution in [0.3, 0.4) is 0 Å². The van der Waals surface area contributed by atoms with Gasteiger partial charge in [-0.3, -0.25) is 4.79 Å². The van der Waals surface area contributed by atoms with Crippen LogP contribution < -0.4 is 0 Å². The largest absolute Gasteiger partial charge is 0.481 e. The van der Waals surface area contributed by atoms with Crippen molar-refractivity contribution in [2.75, 3.05) is 0 Å². The van der Waals surface area contributed by atoms with Gasteiger partial charge in [0.25, 0.3) is 0 Å². The molecule has 6 heteroatoms. The van der Waals surface area contributed by atoms with Gasteiger partial charge in [-0.2, -0.15) is 0 Å². The number of benzene rings is 1. The number of carboxylic acid groups (broad SMARTS) is 1. The van der Waals surface area contributed by atoms with E-state index < -0.39 is 11.9 Å². The monoisotopic (exact) mass is 274 g/mol. The first-order valence-electron chi connectivity index (χ1n) is 6.50. The average Bonchev–Trinajstić information content (AvgIpc) is 2.89. The SMILES string of the molecule is Cc1cccc(-c2nnnn2C(C)C(C)C(=O)O)c1C. The van der Waals surface area contributed by atoms with Crippen molar-refractivity contribution in [3.05, 3.63) is 29.3 Å². The molecule has 0 radical (unpaired) electrons. The molecule has 0 saturated heterocycles. The topological polar surface area (TPSA) is 80.9 Å². The zero-order valence-corrected chi connectivity index (χ0v) is 12.0. The molecule has 20 heavy (non-hydrogen) atoms. The van der Waals surface area contributed by atoms with Crippen molar-refractivity contribution in [1.82, 2.24) is 20.2 Å². The minimum Gasteiger partial charge on any atom is -0.481 e. The third-order valence-corrected chi connectivity index (χ3v) is 3.84. The van der Waals surface area contributed by atoms with Crippen LogP contribution in [-0.2, 0) is 4.79 Å². The van der Waals surface area contributed by atoms with Gasteiger partial charge in [-0.1, -0.05) is 18.2 Å². The smallest absolute Gasteiger partial charge is 0.308 e. The molecular formula is C14H18N4O2. The van der Waals surface area contributed by atoms with Crippen LogP contribution in [0.1, 0.15) is 31.0 Å². The van der Waals surface area contributed by atoms with Crippen LogP contribution in [0.2, 0.25) is 0 Å². The summed E-state index contributed by atoms with van der Waals surface area (Å²) in [7, 11) is 0. The van der Waals surface area contributed by atoms with Crippen LogP contribution in [0.4, 0.5) is 0 Å². The molecule has 2 rings (SSSR count). The van der Waals surface area contributed by atoms with Gasteiger partial charge < -0.3 is 5.11 Å². The Morgan fingerprint density at radius 2 is 2.00 bits per heavy atom. The van der Waals surface area contributed by atoms with E-state index in [0.717, 1.165) is 16.7 Å². The van der Waals surface area contributed by atoms with E-state index in [-0.39, 0.29) is 6.04 Å². The van der Waals surface area contributed by atoms with Crippen LogP contribution in [-0.4, -0.2) is 31.3 Å². The van der Waals surface area contributed by atoms with Crippen molar-refractivity contribution < 1.29 is 9.90 Å². The molecule has 2 aromatic rings. The van der Waals surface area contributed by atoms with Crippen LogP contribution in [0.5, 0.6) is 0 Å². The van der Waals surface area contributed by atoms with Crippen molar-refractivity contribution in [1.29, 1.82) is 0 Å². The highest BCUT2D eigenvalue weighted by atomic mass is 16.4. The Bertz CT molecular complexity index is 636. The van der Waals surface area contributed by atoms with Gasteiger partial charge in [0.1, 0.15) is 0 Å². The Hall–Kier alpha value is -2.24. The highest BCUT2D eigenvalue weighted by Gasteiger charge is 2.25. The molecule has 1 N–H and O–H groups in total. The fourth-order valence-electron chi connectivity index (χ4n) is 2.06. The van der Waals surface area contributed by atoms with Gasteiger partial charge in [0.2, 0.25) is 0 Å². The lowest BCUT2D eigenvalue weighted by Gasteiger charge is -2.18. The predicted molar refractivity (Wildman–Crippen MR) is 74.2 cm³/mol. The summed E-state index contributed by atoms with van der Waals surface area (Å²) in [5.41, 5.74) is 3.18. The Labute approximate surface area is 117 Å². The maximum atomic E-state index is 11.1. The number of carbonyl (C=O) groups is 1. The van der Waals surface area contributed by atoms with Crippen molar-refractivity contribution in [2.45, 2.75) is 33.7 Å². The summed E-state index contributed by atoms with van der Waals surface area (Å²) in [5.74, 6) is -0.825. The Morgan fingerprint density at radius 3 is 2.65 bits per heavy atom. The molecule has 1 heterocycles. The minimum atomic E-state index is -0.861. The van der Waals surface area contributed by atoms with E-state index in [0.29, 0.717) is 5.82 Å². The first-order chi connectivity index (χ1) is 9.43. The number of aromatic nitrogens is 4. The van der Waals surface area contributed by atoms with Gasteiger partial charge in [0.15, 0.2) is 5.82 Å².